The van der Waals surface area contributed by atoms with Crippen molar-refractivity contribution in [3.63, 3.8) is 0 Å². The summed E-state index contributed by atoms with van der Waals surface area (Å²) in [5, 5.41) is 0. The van der Waals surface area contributed by atoms with Gasteiger partial charge < -0.3 is 14.5 Å². The highest BCUT2D eigenvalue weighted by Gasteiger charge is 2.43. The minimum Gasteiger partial charge on any atom is -0.468 e. The largest absolute Gasteiger partial charge is 0.468 e. The number of esters is 1. The van der Waals surface area contributed by atoms with Gasteiger partial charge in [-0.1, -0.05) is 45.0 Å². The summed E-state index contributed by atoms with van der Waals surface area (Å²) in [6.45, 7) is 11.9. The van der Waals surface area contributed by atoms with Gasteiger partial charge in [0.2, 0.25) is 5.91 Å². The Morgan fingerprint density at radius 3 is 2.43 bits per heavy atom. The summed E-state index contributed by atoms with van der Waals surface area (Å²) < 4.78 is 4.84. The van der Waals surface area contributed by atoms with E-state index in [1.54, 1.807) is 11.8 Å². The molecule has 166 valence electrons. The third kappa shape index (κ3) is 5.05. The smallest absolute Gasteiger partial charge is 0.325 e. The maximum absolute atomic E-state index is 12.4. The summed E-state index contributed by atoms with van der Waals surface area (Å²) in [6, 6.07) is 8.53. The molecule has 1 aliphatic carbocycles. The molecule has 1 saturated heterocycles. The van der Waals surface area contributed by atoms with Crippen LogP contribution in [-0.4, -0.2) is 55.0 Å². The van der Waals surface area contributed by atoms with Crippen molar-refractivity contribution in [2.75, 3.05) is 33.3 Å². The van der Waals surface area contributed by atoms with Crippen molar-refractivity contribution in [2.24, 2.45) is 5.41 Å². The standard InChI is InChI=1S/C25H38N2O3/c1-19(28)27(18-23(29)30-5)22-10-11-25(21-9-7-6-8-20(21)22)13-16-26(17-14-25)15-12-24(2,3)4/h6-9,22H,10-18H2,1-5H3/t22-/m0/s1. The number of carbonyl (C=O) groups excluding carboxylic acids is 2. The van der Waals surface area contributed by atoms with E-state index in [0.717, 1.165) is 38.8 Å². The molecule has 0 unspecified atom stereocenters. The van der Waals surface area contributed by atoms with Crippen molar-refractivity contribution in [3.05, 3.63) is 35.4 Å². The van der Waals surface area contributed by atoms with Crippen LogP contribution in [0.25, 0.3) is 0 Å². The van der Waals surface area contributed by atoms with Crippen LogP contribution in [0, 0.1) is 5.41 Å². The van der Waals surface area contributed by atoms with E-state index in [1.165, 1.54) is 31.2 Å². The number of likely N-dealkylation sites (tertiary alicyclic amines) is 1. The molecular weight excluding hydrogens is 376 g/mol. The summed E-state index contributed by atoms with van der Waals surface area (Å²) >= 11 is 0. The van der Waals surface area contributed by atoms with Crippen LogP contribution in [0.1, 0.15) is 77.0 Å². The van der Waals surface area contributed by atoms with Crippen LogP contribution in [0.5, 0.6) is 0 Å². The topological polar surface area (TPSA) is 49.9 Å². The summed E-state index contributed by atoms with van der Waals surface area (Å²) in [4.78, 5) is 28.6. The minimum absolute atomic E-state index is 0.0123. The third-order valence-electron chi connectivity index (χ3n) is 7.09. The minimum atomic E-state index is -0.366. The van der Waals surface area contributed by atoms with Gasteiger partial charge in [0.1, 0.15) is 6.54 Å². The summed E-state index contributed by atoms with van der Waals surface area (Å²) in [6.07, 6.45) is 5.51. The van der Waals surface area contributed by atoms with Crippen LogP contribution in [0.15, 0.2) is 24.3 Å². The van der Waals surface area contributed by atoms with E-state index in [9.17, 15) is 9.59 Å². The van der Waals surface area contributed by atoms with Crippen LogP contribution in [0.4, 0.5) is 0 Å². The van der Waals surface area contributed by atoms with Crippen LogP contribution in [0.3, 0.4) is 0 Å². The monoisotopic (exact) mass is 414 g/mol. The normalized spacial score (nSPS) is 21.2. The molecule has 1 fully saturated rings. The molecule has 3 rings (SSSR count). The Labute approximate surface area is 181 Å². The predicted molar refractivity (Wildman–Crippen MR) is 119 cm³/mol. The number of rotatable bonds is 5. The Balaban J connectivity index is 1.79. The van der Waals surface area contributed by atoms with Gasteiger partial charge in [-0.15, -0.1) is 0 Å². The Hall–Kier alpha value is -1.88. The SMILES string of the molecule is COC(=O)CN(C(C)=O)[C@H]1CCC2(CCN(CCC(C)(C)C)CC2)c2ccccc21. The van der Waals surface area contributed by atoms with E-state index in [2.05, 4.69) is 49.9 Å². The molecule has 0 saturated carbocycles. The molecule has 1 aromatic carbocycles. The zero-order valence-corrected chi connectivity index (χ0v) is 19.4. The Morgan fingerprint density at radius 1 is 1.17 bits per heavy atom. The van der Waals surface area contributed by atoms with Crippen molar-refractivity contribution in [2.45, 2.75) is 71.3 Å². The second-order valence-electron chi connectivity index (χ2n) is 10.3. The number of piperidine rings is 1. The van der Waals surface area contributed by atoms with Gasteiger partial charge >= 0.3 is 5.97 Å². The number of ether oxygens (including phenoxy) is 1. The zero-order valence-electron chi connectivity index (χ0n) is 19.4. The molecule has 1 spiro atoms. The quantitative estimate of drug-likeness (QED) is 0.674. The van der Waals surface area contributed by atoms with Gasteiger partial charge in [0, 0.05) is 6.92 Å². The number of methoxy groups -OCH3 is 1. The van der Waals surface area contributed by atoms with Crippen molar-refractivity contribution in [1.29, 1.82) is 0 Å². The first-order valence-electron chi connectivity index (χ1n) is 11.3. The van der Waals surface area contributed by atoms with Crippen LogP contribution in [-0.2, 0) is 19.7 Å². The van der Waals surface area contributed by atoms with Gasteiger partial charge in [-0.2, -0.15) is 0 Å². The van der Waals surface area contributed by atoms with Crippen molar-refractivity contribution in [1.82, 2.24) is 9.80 Å². The summed E-state index contributed by atoms with van der Waals surface area (Å²) in [7, 11) is 1.37. The maximum Gasteiger partial charge on any atom is 0.325 e. The molecule has 5 heteroatoms. The molecule has 2 aliphatic rings. The number of amides is 1. The fourth-order valence-electron chi connectivity index (χ4n) is 5.16. The maximum atomic E-state index is 12.4. The fraction of sp³-hybridized carbons (Fsp3) is 0.680. The lowest BCUT2D eigenvalue weighted by Gasteiger charge is -2.49. The van der Waals surface area contributed by atoms with Gasteiger partial charge in [-0.25, -0.2) is 0 Å². The molecule has 30 heavy (non-hydrogen) atoms. The number of nitrogens with zero attached hydrogens (tertiary/aromatic N) is 2. The van der Waals surface area contributed by atoms with E-state index in [4.69, 9.17) is 4.74 Å². The number of fused-ring (bicyclic) bond motifs is 2. The number of hydrogen-bond acceptors (Lipinski definition) is 4. The first-order valence-corrected chi connectivity index (χ1v) is 11.3. The second kappa shape index (κ2) is 9.09. The molecule has 1 aliphatic heterocycles. The Kier molecular flexibility index (Phi) is 6.91. The molecule has 1 aromatic rings. The number of carbonyl (C=O) groups is 2. The predicted octanol–water partition coefficient (Wildman–Crippen LogP) is 4.31. The van der Waals surface area contributed by atoms with Gasteiger partial charge in [-0.3, -0.25) is 9.59 Å². The molecule has 1 atom stereocenters. The molecule has 0 N–H and O–H groups in total. The first kappa shape index (κ1) is 22.8. The molecule has 0 radical (unpaired) electrons. The lowest BCUT2D eigenvalue weighted by molar-refractivity contribution is -0.148. The van der Waals surface area contributed by atoms with E-state index in [-0.39, 0.29) is 29.9 Å². The highest BCUT2D eigenvalue weighted by Crippen LogP contribution is 2.49. The lowest BCUT2D eigenvalue weighted by Crippen LogP contribution is -2.48. The average Bonchev–Trinajstić information content (AvgIpc) is 2.71. The molecule has 5 nitrogen and oxygen atoms in total. The van der Waals surface area contributed by atoms with Gasteiger partial charge in [0.05, 0.1) is 13.2 Å². The van der Waals surface area contributed by atoms with Gasteiger partial charge in [-0.05, 0) is 73.7 Å². The molecular formula is C25H38N2O3. The molecule has 0 aromatic heterocycles. The third-order valence-corrected chi connectivity index (χ3v) is 7.09. The summed E-state index contributed by atoms with van der Waals surface area (Å²) in [5.74, 6) is -0.441. The Bertz CT molecular complexity index is 760. The van der Waals surface area contributed by atoms with Gasteiger partial charge in [0.15, 0.2) is 0 Å². The van der Waals surface area contributed by atoms with E-state index in [0.29, 0.717) is 5.41 Å². The van der Waals surface area contributed by atoms with E-state index >= 15 is 0 Å². The number of hydrogen-bond donors (Lipinski definition) is 0. The van der Waals surface area contributed by atoms with Crippen molar-refractivity contribution in [3.8, 4) is 0 Å². The van der Waals surface area contributed by atoms with E-state index in [1.807, 2.05) is 0 Å². The lowest BCUT2D eigenvalue weighted by atomic mass is 9.63. The number of benzene rings is 1. The van der Waals surface area contributed by atoms with Crippen molar-refractivity contribution >= 4 is 11.9 Å². The second-order valence-corrected chi connectivity index (χ2v) is 10.3. The highest BCUT2D eigenvalue weighted by atomic mass is 16.5. The molecule has 1 heterocycles. The van der Waals surface area contributed by atoms with Crippen LogP contribution in [0.2, 0.25) is 0 Å². The van der Waals surface area contributed by atoms with Crippen LogP contribution < -0.4 is 0 Å². The van der Waals surface area contributed by atoms with Gasteiger partial charge in [0.25, 0.3) is 0 Å². The Morgan fingerprint density at radius 2 is 1.83 bits per heavy atom. The van der Waals surface area contributed by atoms with E-state index < -0.39 is 0 Å². The average molecular weight is 415 g/mol. The van der Waals surface area contributed by atoms with Crippen molar-refractivity contribution < 1.29 is 14.3 Å². The first-order chi connectivity index (χ1) is 14.1. The molecule has 1 amide bonds. The summed E-state index contributed by atoms with van der Waals surface area (Å²) in [5.41, 5.74) is 3.16. The zero-order chi connectivity index (χ0) is 21.9. The highest BCUT2D eigenvalue weighted by molar-refractivity contribution is 5.81. The molecule has 0 bridgehead atoms. The fourth-order valence-corrected chi connectivity index (χ4v) is 5.16. The van der Waals surface area contributed by atoms with Crippen LogP contribution >= 0.6 is 0 Å².